The number of nitrogens with one attached hydrogen (secondary N) is 1. The van der Waals surface area contributed by atoms with Crippen molar-refractivity contribution in [2.24, 2.45) is 0 Å². The van der Waals surface area contributed by atoms with Crippen molar-refractivity contribution in [2.45, 2.75) is 18.9 Å². The smallest absolute Gasteiger partial charge is 0.107 e. The predicted octanol–water partition coefficient (Wildman–Crippen LogP) is 1.14. The topological polar surface area (TPSA) is 67.5 Å². The van der Waals surface area contributed by atoms with Gasteiger partial charge in [0.25, 0.3) is 0 Å². The maximum Gasteiger partial charge on any atom is 0.107 e. The van der Waals surface area contributed by atoms with Crippen LogP contribution in [0.3, 0.4) is 0 Å². The average molecular weight is 222 g/mol. The van der Waals surface area contributed by atoms with E-state index in [0.717, 1.165) is 11.3 Å². The molecule has 0 saturated carbocycles. The van der Waals surface area contributed by atoms with Gasteiger partial charge in [0.05, 0.1) is 18.0 Å². The minimum Gasteiger partial charge on any atom is -0.397 e. The van der Waals surface area contributed by atoms with E-state index in [-0.39, 0.29) is 0 Å². The Labute approximate surface area is 95.4 Å². The van der Waals surface area contributed by atoms with Crippen molar-refractivity contribution in [1.82, 2.24) is 0 Å². The van der Waals surface area contributed by atoms with Crippen molar-refractivity contribution in [1.29, 1.82) is 0 Å². The van der Waals surface area contributed by atoms with Gasteiger partial charge in [-0.3, -0.25) is 0 Å². The van der Waals surface area contributed by atoms with Crippen LogP contribution in [0.4, 0.5) is 11.4 Å². The van der Waals surface area contributed by atoms with E-state index in [1.165, 1.54) is 0 Å². The standard InChI is InChI=1S/C12H18N2O2/c1-9-2-3-10(13)11(6-9)14-7-12(15)4-5-16-8-12/h2-3,6,14-15H,4-5,7-8,13H2,1H3. The second-order valence-corrected chi connectivity index (χ2v) is 4.47. The lowest BCUT2D eigenvalue weighted by Gasteiger charge is -2.22. The summed E-state index contributed by atoms with van der Waals surface area (Å²) in [6.07, 6.45) is 0.672. The molecule has 16 heavy (non-hydrogen) atoms. The lowest BCUT2D eigenvalue weighted by Crippen LogP contribution is -2.37. The van der Waals surface area contributed by atoms with Crippen LogP contribution in [0.25, 0.3) is 0 Å². The molecular formula is C12H18N2O2. The number of ether oxygens (including phenoxy) is 1. The van der Waals surface area contributed by atoms with Gasteiger partial charge in [0.2, 0.25) is 0 Å². The lowest BCUT2D eigenvalue weighted by molar-refractivity contribution is 0.0382. The third-order valence-electron chi connectivity index (χ3n) is 2.90. The van der Waals surface area contributed by atoms with Crippen molar-refractivity contribution < 1.29 is 9.84 Å². The van der Waals surface area contributed by atoms with Crippen LogP contribution in [-0.4, -0.2) is 30.5 Å². The summed E-state index contributed by atoms with van der Waals surface area (Å²) in [5, 5.41) is 13.3. The van der Waals surface area contributed by atoms with E-state index >= 15 is 0 Å². The number of benzene rings is 1. The number of aryl methyl sites for hydroxylation is 1. The van der Waals surface area contributed by atoms with Gasteiger partial charge in [0.1, 0.15) is 5.60 Å². The molecule has 0 bridgehead atoms. The number of anilines is 2. The first kappa shape index (κ1) is 11.2. The van der Waals surface area contributed by atoms with E-state index in [2.05, 4.69) is 5.32 Å². The maximum atomic E-state index is 10.1. The normalized spacial score (nSPS) is 24.6. The largest absolute Gasteiger partial charge is 0.397 e. The molecule has 88 valence electrons. The SMILES string of the molecule is Cc1ccc(N)c(NCC2(O)CCOC2)c1. The summed E-state index contributed by atoms with van der Waals surface area (Å²) in [5.74, 6) is 0. The molecule has 1 aliphatic heterocycles. The molecule has 1 aliphatic rings. The minimum atomic E-state index is -0.754. The van der Waals surface area contributed by atoms with Crippen LogP contribution in [-0.2, 0) is 4.74 Å². The van der Waals surface area contributed by atoms with Crippen LogP contribution in [0.15, 0.2) is 18.2 Å². The van der Waals surface area contributed by atoms with E-state index in [1.54, 1.807) is 0 Å². The minimum absolute atomic E-state index is 0.395. The van der Waals surface area contributed by atoms with E-state index in [9.17, 15) is 5.11 Å². The third kappa shape index (κ3) is 2.46. The predicted molar refractivity (Wildman–Crippen MR) is 64.5 cm³/mol. The van der Waals surface area contributed by atoms with Crippen LogP contribution in [0.5, 0.6) is 0 Å². The third-order valence-corrected chi connectivity index (χ3v) is 2.90. The van der Waals surface area contributed by atoms with Gasteiger partial charge in [-0.25, -0.2) is 0 Å². The summed E-state index contributed by atoms with van der Waals surface area (Å²) < 4.78 is 5.18. The Bertz CT molecular complexity index is 373. The molecule has 2 rings (SSSR count). The molecule has 1 heterocycles. The van der Waals surface area contributed by atoms with E-state index < -0.39 is 5.60 Å². The highest BCUT2D eigenvalue weighted by molar-refractivity contribution is 5.67. The Morgan fingerprint density at radius 2 is 2.38 bits per heavy atom. The molecule has 1 aromatic carbocycles. The number of rotatable bonds is 3. The van der Waals surface area contributed by atoms with Gasteiger partial charge in [-0.15, -0.1) is 0 Å². The second kappa shape index (κ2) is 4.31. The summed E-state index contributed by atoms with van der Waals surface area (Å²) in [4.78, 5) is 0. The number of aliphatic hydroxyl groups is 1. The molecule has 1 aromatic rings. The fourth-order valence-electron chi connectivity index (χ4n) is 1.82. The van der Waals surface area contributed by atoms with Crippen LogP contribution < -0.4 is 11.1 Å². The Hall–Kier alpha value is -1.26. The molecule has 0 radical (unpaired) electrons. The Morgan fingerprint density at radius 1 is 1.56 bits per heavy atom. The molecule has 1 unspecified atom stereocenters. The highest BCUT2D eigenvalue weighted by Gasteiger charge is 2.31. The summed E-state index contributed by atoms with van der Waals surface area (Å²) in [5.41, 5.74) is 7.81. The first-order valence-corrected chi connectivity index (χ1v) is 5.49. The average Bonchev–Trinajstić information content (AvgIpc) is 2.67. The van der Waals surface area contributed by atoms with Crippen molar-refractivity contribution in [3.63, 3.8) is 0 Å². The van der Waals surface area contributed by atoms with Gasteiger partial charge >= 0.3 is 0 Å². The molecule has 0 aliphatic carbocycles. The van der Waals surface area contributed by atoms with Gasteiger partial charge in [-0.05, 0) is 24.6 Å². The molecule has 4 nitrogen and oxygen atoms in total. The van der Waals surface area contributed by atoms with Crippen molar-refractivity contribution in [3.8, 4) is 0 Å². The maximum absolute atomic E-state index is 10.1. The van der Waals surface area contributed by atoms with Gasteiger partial charge < -0.3 is 20.9 Å². The number of hydrogen-bond acceptors (Lipinski definition) is 4. The molecule has 1 fully saturated rings. The monoisotopic (exact) mass is 222 g/mol. The fourth-order valence-corrected chi connectivity index (χ4v) is 1.82. The summed E-state index contributed by atoms with van der Waals surface area (Å²) in [6.45, 7) is 3.51. The van der Waals surface area contributed by atoms with Gasteiger partial charge in [0.15, 0.2) is 0 Å². The molecule has 1 saturated heterocycles. The van der Waals surface area contributed by atoms with Crippen LogP contribution in [0, 0.1) is 6.92 Å². The molecule has 0 aromatic heterocycles. The van der Waals surface area contributed by atoms with E-state index in [1.807, 2.05) is 25.1 Å². The van der Waals surface area contributed by atoms with E-state index in [0.29, 0.717) is 31.9 Å². The zero-order valence-corrected chi connectivity index (χ0v) is 9.49. The summed E-state index contributed by atoms with van der Waals surface area (Å²) >= 11 is 0. The molecule has 4 N–H and O–H groups in total. The Morgan fingerprint density at radius 3 is 3.06 bits per heavy atom. The molecule has 0 spiro atoms. The van der Waals surface area contributed by atoms with E-state index in [4.69, 9.17) is 10.5 Å². The lowest BCUT2D eigenvalue weighted by atomic mass is 10.0. The van der Waals surface area contributed by atoms with Crippen LogP contribution >= 0.6 is 0 Å². The van der Waals surface area contributed by atoms with Crippen LogP contribution in [0.2, 0.25) is 0 Å². The molecule has 4 heteroatoms. The first-order valence-electron chi connectivity index (χ1n) is 5.49. The van der Waals surface area contributed by atoms with Gasteiger partial charge in [-0.2, -0.15) is 0 Å². The first-order chi connectivity index (χ1) is 7.59. The van der Waals surface area contributed by atoms with Crippen molar-refractivity contribution >= 4 is 11.4 Å². The number of nitrogen functional groups attached to an aromatic ring is 1. The highest BCUT2D eigenvalue weighted by Crippen LogP contribution is 2.23. The molecule has 0 amide bonds. The number of hydrogen-bond donors (Lipinski definition) is 3. The quantitative estimate of drug-likeness (QED) is 0.671. The summed E-state index contributed by atoms with van der Waals surface area (Å²) in [6, 6.07) is 5.81. The molecule has 1 atom stereocenters. The highest BCUT2D eigenvalue weighted by atomic mass is 16.5. The zero-order chi connectivity index (χ0) is 11.6. The van der Waals surface area contributed by atoms with Crippen molar-refractivity contribution in [2.75, 3.05) is 30.8 Å². The molecular weight excluding hydrogens is 204 g/mol. The van der Waals surface area contributed by atoms with Crippen molar-refractivity contribution in [3.05, 3.63) is 23.8 Å². The Balaban J connectivity index is 2.01. The van der Waals surface area contributed by atoms with Gasteiger partial charge in [-0.1, -0.05) is 6.07 Å². The fraction of sp³-hybridized carbons (Fsp3) is 0.500. The Kier molecular flexibility index (Phi) is 3.03. The number of nitrogens with two attached hydrogens (primary N) is 1. The van der Waals surface area contributed by atoms with Gasteiger partial charge in [0, 0.05) is 19.6 Å². The summed E-state index contributed by atoms with van der Waals surface area (Å²) in [7, 11) is 0. The second-order valence-electron chi connectivity index (χ2n) is 4.47. The van der Waals surface area contributed by atoms with Crippen LogP contribution in [0.1, 0.15) is 12.0 Å². The zero-order valence-electron chi connectivity index (χ0n) is 9.49.